The molecule has 0 aliphatic heterocycles. The fourth-order valence-corrected chi connectivity index (χ4v) is 2.59. The molecule has 0 bridgehead atoms. The highest BCUT2D eigenvalue weighted by Gasteiger charge is 2.32. The molecule has 3 aromatic rings. The van der Waals surface area contributed by atoms with Gasteiger partial charge in [-0.15, -0.1) is 0 Å². The van der Waals surface area contributed by atoms with Crippen LogP contribution in [0.1, 0.15) is 19.4 Å². The summed E-state index contributed by atoms with van der Waals surface area (Å²) in [6, 6.07) is 10.4. The van der Waals surface area contributed by atoms with Gasteiger partial charge in [0.1, 0.15) is 11.4 Å². The number of hydrogen-bond donors (Lipinski definition) is 1. The van der Waals surface area contributed by atoms with Crippen molar-refractivity contribution in [2.75, 3.05) is 5.32 Å². The Morgan fingerprint density at radius 2 is 1.68 bits per heavy atom. The average Bonchev–Trinajstić information content (AvgIpc) is 3.12. The zero-order chi connectivity index (χ0) is 20.5. The topological polar surface area (TPSA) is 46.9 Å². The van der Waals surface area contributed by atoms with Gasteiger partial charge in [-0.05, 0) is 44.2 Å². The summed E-state index contributed by atoms with van der Waals surface area (Å²) in [5.41, 5.74) is -0.869. The molecule has 1 heterocycles. The fourth-order valence-electron chi connectivity index (χ4n) is 2.59. The molecule has 1 N–H and O–H groups in total. The van der Waals surface area contributed by atoms with E-state index in [1.807, 2.05) is 0 Å². The third kappa shape index (κ3) is 3.90. The van der Waals surface area contributed by atoms with Crippen molar-refractivity contribution in [3.05, 3.63) is 72.3 Å². The molecule has 0 atom stereocenters. The van der Waals surface area contributed by atoms with Crippen LogP contribution in [0.3, 0.4) is 0 Å². The van der Waals surface area contributed by atoms with E-state index in [0.29, 0.717) is 11.1 Å². The van der Waals surface area contributed by atoms with Crippen LogP contribution in [-0.4, -0.2) is 15.7 Å². The van der Waals surface area contributed by atoms with E-state index in [4.69, 9.17) is 0 Å². The second-order valence-electron chi connectivity index (χ2n) is 6.74. The second kappa shape index (κ2) is 7.10. The molecule has 0 aliphatic carbocycles. The zero-order valence-electron chi connectivity index (χ0n) is 15.1. The van der Waals surface area contributed by atoms with E-state index in [-0.39, 0.29) is 5.69 Å². The Hall–Kier alpha value is -3.16. The summed E-state index contributed by atoms with van der Waals surface area (Å²) in [5.74, 6) is -0.885. The van der Waals surface area contributed by atoms with Gasteiger partial charge in [0.15, 0.2) is 0 Å². The summed E-state index contributed by atoms with van der Waals surface area (Å²) in [4.78, 5) is 12.7. The minimum absolute atomic E-state index is 0.229. The van der Waals surface area contributed by atoms with E-state index in [1.165, 1.54) is 29.1 Å². The maximum absolute atomic E-state index is 13.9. The smallest absolute Gasteiger partial charge is 0.324 e. The van der Waals surface area contributed by atoms with Crippen molar-refractivity contribution in [2.45, 2.75) is 25.6 Å². The van der Waals surface area contributed by atoms with Crippen molar-refractivity contribution in [1.82, 2.24) is 9.78 Å². The number of nitrogens with one attached hydrogen (secondary N) is 1. The Labute approximate surface area is 158 Å². The molecule has 28 heavy (non-hydrogen) atoms. The molecule has 146 valence electrons. The SMILES string of the molecule is CC(C)(C(=O)Nc1ccc(C(F)(F)F)cc1)n1cc(-c2ccccc2F)cn1. The number of amides is 1. The maximum Gasteiger partial charge on any atom is 0.416 e. The normalized spacial score (nSPS) is 12.1. The Morgan fingerprint density at radius 3 is 2.29 bits per heavy atom. The Bertz CT molecular complexity index is 991. The van der Waals surface area contributed by atoms with Gasteiger partial charge in [-0.1, -0.05) is 18.2 Å². The molecule has 0 unspecified atom stereocenters. The van der Waals surface area contributed by atoms with Crippen molar-refractivity contribution in [2.24, 2.45) is 0 Å². The van der Waals surface area contributed by atoms with E-state index in [0.717, 1.165) is 12.1 Å². The lowest BCUT2D eigenvalue weighted by Crippen LogP contribution is -2.40. The molecule has 0 aliphatic rings. The fraction of sp³-hybridized carbons (Fsp3) is 0.200. The molecule has 0 saturated heterocycles. The van der Waals surface area contributed by atoms with Crippen molar-refractivity contribution >= 4 is 11.6 Å². The summed E-state index contributed by atoms with van der Waals surface area (Å²) < 4.78 is 53.2. The predicted octanol–water partition coefficient (Wildman–Crippen LogP) is 5.08. The minimum Gasteiger partial charge on any atom is -0.324 e. The van der Waals surface area contributed by atoms with Gasteiger partial charge in [-0.25, -0.2) is 4.39 Å². The molecular weight excluding hydrogens is 374 g/mol. The van der Waals surface area contributed by atoms with Gasteiger partial charge in [0.25, 0.3) is 5.91 Å². The minimum atomic E-state index is -4.44. The van der Waals surface area contributed by atoms with Crippen LogP contribution in [0.15, 0.2) is 60.9 Å². The lowest BCUT2D eigenvalue weighted by atomic mass is 10.0. The molecule has 2 aromatic carbocycles. The van der Waals surface area contributed by atoms with E-state index < -0.39 is 29.0 Å². The summed E-state index contributed by atoms with van der Waals surface area (Å²) >= 11 is 0. The van der Waals surface area contributed by atoms with Gasteiger partial charge in [0.2, 0.25) is 0 Å². The molecular formula is C20H17F4N3O. The zero-order valence-corrected chi connectivity index (χ0v) is 15.1. The number of nitrogens with zero attached hydrogens (tertiary/aromatic N) is 2. The first kappa shape index (κ1) is 19.6. The quantitative estimate of drug-likeness (QED) is 0.631. The summed E-state index contributed by atoms with van der Waals surface area (Å²) in [5, 5.41) is 6.73. The standard InChI is InChI=1S/C20H17F4N3O/c1-19(2,18(28)26-15-9-7-14(8-10-15)20(22,23)24)27-12-13(11-25-27)16-5-3-4-6-17(16)21/h3-12H,1-2H3,(H,26,28). The van der Waals surface area contributed by atoms with Crippen molar-refractivity contribution in [3.8, 4) is 11.1 Å². The predicted molar refractivity (Wildman–Crippen MR) is 97.0 cm³/mol. The van der Waals surface area contributed by atoms with Crippen LogP contribution in [0.2, 0.25) is 0 Å². The number of alkyl halides is 3. The summed E-state index contributed by atoms with van der Waals surface area (Å²) in [6.07, 6.45) is -1.45. The third-order valence-electron chi connectivity index (χ3n) is 4.37. The number of anilines is 1. The number of halogens is 4. The van der Waals surface area contributed by atoms with E-state index in [2.05, 4.69) is 10.4 Å². The molecule has 0 radical (unpaired) electrons. The number of rotatable bonds is 4. The number of benzene rings is 2. The summed E-state index contributed by atoms with van der Waals surface area (Å²) in [6.45, 7) is 3.20. The van der Waals surface area contributed by atoms with Gasteiger partial charge in [-0.2, -0.15) is 18.3 Å². The van der Waals surface area contributed by atoms with Crippen LogP contribution in [-0.2, 0) is 16.5 Å². The number of carbonyl (C=O) groups excluding carboxylic acids is 1. The maximum atomic E-state index is 13.9. The number of aromatic nitrogens is 2. The van der Waals surface area contributed by atoms with Crippen LogP contribution >= 0.6 is 0 Å². The van der Waals surface area contributed by atoms with Gasteiger partial charge >= 0.3 is 6.18 Å². The Morgan fingerprint density at radius 1 is 1.04 bits per heavy atom. The summed E-state index contributed by atoms with van der Waals surface area (Å²) in [7, 11) is 0. The second-order valence-corrected chi connectivity index (χ2v) is 6.74. The molecule has 1 amide bonds. The van der Waals surface area contributed by atoms with Crippen LogP contribution in [0.25, 0.3) is 11.1 Å². The first-order chi connectivity index (χ1) is 13.1. The van der Waals surface area contributed by atoms with E-state index in [1.54, 1.807) is 38.2 Å². The van der Waals surface area contributed by atoms with Gasteiger partial charge in [0.05, 0.1) is 11.8 Å². The average molecular weight is 391 g/mol. The van der Waals surface area contributed by atoms with Gasteiger partial charge in [-0.3, -0.25) is 9.48 Å². The first-order valence-electron chi connectivity index (χ1n) is 8.38. The van der Waals surface area contributed by atoms with E-state index in [9.17, 15) is 22.4 Å². The largest absolute Gasteiger partial charge is 0.416 e. The number of hydrogen-bond acceptors (Lipinski definition) is 2. The van der Waals surface area contributed by atoms with Crippen LogP contribution in [0.4, 0.5) is 23.2 Å². The lowest BCUT2D eigenvalue weighted by molar-refractivity contribution is -0.137. The molecule has 0 fully saturated rings. The molecule has 0 spiro atoms. The molecule has 3 rings (SSSR count). The van der Waals surface area contributed by atoms with Crippen molar-refractivity contribution in [1.29, 1.82) is 0 Å². The van der Waals surface area contributed by atoms with Crippen LogP contribution < -0.4 is 5.32 Å². The van der Waals surface area contributed by atoms with Gasteiger partial charge in [0, 0.05) is 23.0 Å². The van der Waals surface area contributed by atoms with Gasteiger partial charge < -0.3 is 5.32 Å². The molecule has 1 aromatic heterocycles. The lowest BCUT2D eigenvalue weighted by Gasteiger charge is -2.24. The van der Waals surface area contributed by atoms with Crippen molar-refractivity contribution in [3.63, 3.8) is 0 Å². The van der Waals surface area contributed by atoms with Crippen LogP contribution in [0.5, 0.6) is 0 Å². The highest BCUT2D eigenvalue weighted by atomic mass is 19.4. The first-order valence-corrected chi connectivity index (χ1v) is 8.38. The highest BCUT2D eigenvalue weighted by Crippen LogP contribution is 2.30. The molecule has 4 nitrogen and oxygen atoms in total. The number of carbonyl (C=O) groups is 1. The molecule has 0 saturated carbocycles. The van der Waals surface area contributed by atoms with Crippen molar-refractivity contribution < 1.29 is 22.4 Å². The van der Waals surface area contributed by atoms with Crippen LogP contribution in [0, 0.1) is 5.82 Å². The highest BCUT2D eigenvalue weighted by molar-refractivity contribution is 5.96. The monoisotopic (exact) mass is 391 g/mol. The Kier molecular flexibility index (Phi) is 4.97. The third-order valence-corrected chi connectivity index (χ3v) is 4.37. The Balaban J connectivity index is 1.79. The van der Waals surface area contributed by atoms with E-state index >= 15 is 0 Å². The molecule has 8 heteroatoms.